The lowest BCUT2D eigenvalue weighted by Crippen LogP contribution is -2.17. The van der Waals surface area contributed by atoms with E-state index in [1.165, 1.54) is 0 Å². The van der Waals surface area contributed by atoms with E-state index >= 15 is 0 Å². The molecule has 0 saturated heterocycles. The van der Waals surface area contributed by atoms with Gasteiger partial charge in [0.2, 0.25) is 5.88 Å². The second-order valence-corrected chi connectivity index (χ2v) is 7.34. The predicted octanol–water partition coefficient (Wildman–Crippen LogP) is 5.21. The van der Waals surface area contributed by atoms with Crippen LogP contribution >= 0.6 is 11.6 Å². The van der Waals surface area contributed by atoms with E-state index < -0.39 is 0 Å². The first-order valence-electron chi connectivity index (χ1n) is 9.02. The fraction of sp³-hybridized carbons (Fsp3) is 0.0435. The van der Waals surface area contributed by atoms with E-state index in [9.17, 15) is 5.26 Å². The Hall–Kier alpha value is -3.75. The number of anilines is 2. The molecule has 1 aliphatic heterocycles. The maximum Gasteiger partial charge on any atom is 0.227 e. The van der Waals surface area contributed by atoms with E-state index in [4.69, 9.17) is 27.8 Å². The van der Waals surface area contributed by atoms with Gasteiger partial charge in [-0.05, 0) is 23.1 Å². The average Bonchev–Trinajstić information content (AvgIpc) is 2.73. The van der Waals surface area contributed by atoms with Crippen molar-refractivity contribution in [1.29, 1.82) is 5.26 Å². The molecular weight excluding hydrogens is 384 g/mol. The van der Waals surface area contributed by atoms with E-state index in [1.54, 1.807) is 0 Å². The summed E-state index contributed by atoms with van der Waals surface area (Å²) in [5.41, 5.74) is 15.4. The molecule has 29 heavy (non-hydrogen) atoms. The SMILES string of the molecule is N#Cc1c(N)nc2c(c1N)C(c1ccc(Cl)cc1)c1ccc3ccccc3c1O2. The van der Waals surface area contributed by atoms with Gasteiger partial charge in [0.15, 0.2) is 0 Å². The molecule has 5 rings (SSSR count). The third kappa shape index (κ3) is 2.58. The molecule has 0 aliphatic carbocycles. The minimum Gasteiger partial charge on any atom is -0.438 e. The smallest absolute Gasteiger partial charge is 0.227 e. The standard InChI is InChI=1S/C23H15ClN4O/c24-14-8-5-13(6-9-14)18-16-10-7-12-3-1-2-4-15(12)21(16)29-23-19(18)20(26)17(11-25)22(27)28-23/h1-10,18H,(H4,26,27,28). The van der Waals surface area contributed by atoms with Gasteiger partial charge in [-0.3, -0.25) is 0 Å². The molecule has 4 aromatic rings. The van der Waals surface area contributed by atoms with E-state index in [0.29, 0.717) is 22.2 Å². The Morgan fingerprint density at radius 2 is 1.76 bits per heavy atom. The van der Waals surface area contributed by atoms with Gasteiger partial charge < -0.3 is 16.2 Å². The molecule has 3 aromatic carbocycles. The van der Waals surface area contributed by atoms with Crippen LogP contribution in [-0.2, 0) is 0 Å². The highest BCUT2D eigenvalue weighted by atomic mass is 35.5. The van der Waals surface area contributed by atoms with Crippen LogP contribution < -0.4 is 16.2 Å². The lowest BCUT2D eigenvalue weighted by molar-refractivity contribution is 0.440. The van der Waals surface area contributed by atoms with Gasteiger partial charge in [-0.2, -0.15) is 10.2 Å². The summed E-state index contributed by atoms with van der Waals surface area (Å²) in [5, 5.41) is 12.2. The van der Waals surface area contributed by atoms with Crippen LogP contribution in [0.3, 0.4) is 0 Å². The second kappa shape index (κ2) is 6.40. The Morgan fingerprint density at radius 1 is 1.00 bits per heavy atom. The maximum atomic E-state index is 9.52. The van der Waals surface area contributed by atoms with Crippen LogP contribution in [0.25, 0.3) is 10.8 Å². The van der Waals surface area contributed by atoms with Crippen molar-refractivity contribution in [3.05, 3.63) is 87.9 Å². The van der Waals surface area contributed by atoms with Crippen molar-refractivity contribution in [2.45, 2.75) is 5.92 Å². The van der Waals surface area contributed by atoms with Crippen LogP contribution in [-0.4, -0.2) is 4.98 Å². The Bertz CT molecular complexity index is 1330. The van der Waals surface area contributed by atoms with Crippen molar-refractivity contribution in [3.8, 4) is 17.7 Å². The summed E-state index contributed by atoms with van der Waals surface area (Å²) in [5.74, 6) is 0.826. The van der Waals surface area contributed by atoms with E-state index in [0.717, 1.165) is 21.9 Å². The summed E-state index contributed by atoms with van der Waals surface area (Å²) in [6, 6.07) is 21.7. The highest BCUT2D eigenvalue weighted by molar-refractivity contribution is 6.30. The Morgan fingerprint density at radius 3 is 2.52 bits per heavy atom. The summed E-state index contributed by atoms with van der Waals surface area (Å²) in [7, 11) is 0. The van der Waals surface area contributed by atoms with E-state index in [-0.39, 0.29) is 23.0 Å². The molecule has 2 heterocycles. The monoisotopic (exact) mass is 398 g/mol. The number of benzene rings is 3. The highest BCUT2D eigenvalue weighted by Gasteiger charge is 2.34. The third-order valence-electron chi connectivity index (χ3n) is 5.29. The summed E-state index contributed by atoms with van der Waals surface area (Å²) in [6.07, 6.45) is 0. The number of ether oxygens (including phenoxy) is 1. The molecule has 4 N–H and O–H groups in total. The summed E-state index contributed by atoms with van der Waals surface area (Å²) in [6.45, 7) is 0. The molecule has 0 fully saturated rings. The first-order valence-corrected chi connectivity index (χ1v) is 9.40. The maximum absolute atomic E-state index is 9.52. The summed E-state index contributed by atoms with van der Waals surface area (Å²) >= 11 is 6.11. The van der Waals surface area contributed by atoms with Crippen molar-refractivity contribution in [3.63, 3.8) is 0 Å². The van der Waals surface area contributed by atoms with Gasteiger partial charge >= 0.3 is 0 Å². The molecule has 1 unspecified atom stereocenters. The van der Waals surface area contributed by atoms with Gasteiger partial charge in [0.05, 0.1) is 11.3 Å². The van der Waals surface area contributed by atoms with Crippen LogP contribution in [0.5, 0.6) is 11.6 Å². The van der Waals surface area contributed by atoms with Crippen LogP contribution in [0.1, 0.15) is 28.2 Å². The molecular formula is C23H15ClN4O. The van der Waals surface area contributed by atoms with Gasteiger partial charge in [-0.15, -0.1) is 0 Å². The quantitative estimate of drug-likeness (QED) is 0.404. The van der Waals surface area contributed by atoms with Crippen molar-refractivity contribution in [2.75, 3.05) is 11.5 Å². The number of nitrogen functional groups attached to an aromatic ring is 2. The summed E-state index contributed by atoms with van der Waals surface area (Å²) in [4.78, 5) is 4.37. The molecule has 0 amide bonds. The Kier molecular flexibility index (Phi) is 3.83. The number of fused-ring (bicyclic) bond motifs is 4. The Balaban J connectivity index is 1.87. The molecule has 1 aliphatic rings. The van der Waals surface area contributed by atoms with E-state index in [1.807, 2.05) is 54.6 Å². The topological polar surface area (TPSA) is 98.0 Å². The molecule has 5 nitrogen and oxygen atoms in total. The predicted molar refractivity (Wildman–Crippen MR) is 114 cm³/mol. The number of rotatable bonds is 1. The second-order valence-electron chi connectivity index (χ2n) is 6.91. The van der Waals surface area contributed by atoms with Crippen molar-refractivity contribution in [1.82, 2.24) is 4.98 Å². The molecule has 0 saturated carbocycles. The van der Waals surface area contributed by atoms with Crippen LogP contribution in [0.15, 0.2) is 60.7 Å². The average molecular weight is 399 g/mol. The number of pyridine rings is 1. The van der Waals surface area contributed by atoms with E-state index in [2.05, 4.69) is 17.1 Å². The largest absolute Gasteiger partial charge is 0.438 e. The number of aromatic nitrogens is 1. The minimum atomic E-state index is -0.268. The zero-order chi connectivity index (χ0) is 20.1. The number of hydrogen-bond donors (Lipinski definition) is 2. The van der Waals surface area contributed by atoms with Gasteiger partial charge in [-0.25, -0.2) is 0 Å². The fourth-order valence-electron chi connectivity index (χ4n) is 3.94. The summed E-state index contributed by atoms with van der Waals surface area (Å²) < 4.78 is 6.22. The number of halogens is 1. The lowest BCUT2D eigenvalue weighted by Gasteiger charge is -2.30. The number of hydrogen-bond acceptors (Lipinski definition) is 5. The Labute approximate surface area is 172 Å². The molecule has 0 bridgehead atoms. The molecule has 0 radical (unpaired) electrons. The third-order valence-corrected chi connectivity index (χ3v) is 5.54. The first kappa shape index (κ1) is 17.4. The molecule has 0 spiro atoms. The number of nitriles is 1. The first-order chi connectivity index (χ1) is 14.1. The van der Waals surface area contributed by atoms with Crippen LogP contribution in [0, 0.1) is 11.3 Å². The minimum absolute atomic E-state index is 0.0577. The fourth-order valence-corrected chi connectivity index (χ4v) is 4.07. The molecule has 1 aromatic heterocycles. The van der Waals surface area contributed by atoms with Crippen molar-refractivity contribution >= 4 is 33.9 Å². The van der Waals surface area contributed by atoms with Gasteiger partial charge in [0.1, 0.15) is 23.2 Å². The molecule has 140 valence electrons. The van der Waals surface area contributed by atoms with Crippen molar-refractivity contribution in [2.24, 2.45) is 0 Å². The zero-order valence-corrected chi connectivity index (χ0v) is 15.9. The van der Waals surface area contributed by atoms with Gasteiger partial charge in [0, 0.05) is 21.9 Å². The van der Waals surface area contributed by atoms with Crippen molar-refractivity contribution < 1.29 is 4.74 Å². The normalized spacial score (nSPS) is 14.6. The lowest BCUT2D eigenvalue weighted by atomic mass is 9.81. The number of nitrogens with two attached hydrogens (primary N) is 2. The van der Waals surface area contributed by atoms with Gasteiger partial charge in [0.25, 0.3) is 0 Å². The molecule has 6 heteroatoms. The number of nitrogens with zero attached hydrogens (tertiary/aromatic N) is 2. The van der Waals surface area contributed by atoms with Gasteiger partial charge in [-0.1, -0.05) is 60.1 Å². The van der Waals surface area contributed by atoms with Crippen LogP contribution in [0.4, 0.5) is 11.5 Å². The van der Waals surface area contributed by atoms with Crippen LogP contribution in [0.2, 0.25) is 5.02 Å². The highest BCUT2D eigenvalue weighted by Crippen LogP contribution is 2.52. The zero-order valence-electron chi connectivity index (χ0n) is 15.2. The molecule has 1 atom stereocenters.